The number of aromatic nitrogens is 8. The maximum Gasteiger partial charge on any atom is 0.0737 e. The van der Waals surface area contributed by atoms with Crippen molar-refractivity contribution in [2.24, 2.45) is 0 Å². The predicted molar refractivity (Wildman–Crippen MR) is 511 cm³/mol. The van der Waals surface area contributed by atoms with Gasteiger partial charge in [0.15, 0.2) is 0 Å². The van der Waals surface area contributed by atoms with Gasteiger partial charge >= 0.3 is 0 Å². The SMILES string of the molecule is Cc1cc(C)c(-c2c3nc(c(-c4c(C)cc(C)cc4C)c4ccc([nH]4)c(-c4c(C)cc(C)cc4C)c4nc(c(-c5ccc(-c6ccc(-c7ccc(-c8c9nc(c(-c%10c(C)cc(C)cc%10C)c%10ccc([nH]%10)c(-c%10c(C)cc(C)cc%10C)c%10nc(c(-c%11c(C)cc(C)cc%11C)c%11ccc8[nH]%11)C=C%10)C=C9)cc7)cc6)cc5)c5ccc2[nH]5)C=C4)C=C3)c(C)c1. The van der Waals surface area contributed by atoms with Gasteiger partial charge in [-0.15, -0.1) is 0 Å². The highest BCUT2D eigenvalue weighted by Gasteiger charge is 2.27. The van der Waals surface area contributed by atoms with Gasteiger partial charge in [0.2, 0.25) is 0 Å². The van der Waals surface area contributed by atoms with Crippen molar-refractivity contribution < 1.29 is 0 Å². The average Bonchev–Trinajstić information content (AvgIpc) is 1.59. The molecule has 0 radical (unpaired) electrons. The fraction of sp³-hybridized carbons (Fsp3) is 0.161. The van der Waals surface area contributed by atoms with Crippen molar-refractivity contribution in [1.29, 1.82) is 0 Å². The quantitative estimate of drug-likeness (QED) is 0.109. The predicted octanol–water partition coefficient (Wildman–Crippen LogP) is 29.8. The minimum absolute atomic E-state index is 0.870. The number of hydrogen-bond acceptors (Lipinski definition) is 4. The average molecular weight is 1560 g/mol. The zero-order valence-electron chi connectivity index (χ0n) is 71.9. The molecule has 0 atom stereocenters. The van der Waals surface area contributed by atoms with E-state index in [0.717, 1.165) is 168 Å². The highest BCUT2D eigenvalue weighted by atomic mass is 14.8. The van der Waals surface area contributed by atoms with E-state index >= 15 is 0 Å². The molecule has 8 heteroatoms. The van der Waals surface area contributed by atoms with E-state index in [0.29, 0.717) is 0 Å². The second-order valence-electron chi connectivity index (χ2n) is 34.4. The highest BCUT2D eigenvalue weighted by molar-refractivity contribution is 6.05. The van der Waals surface area contributed by atoms with E-state index in [4.69, 9.17) is 19.9 Å². The maximum atomic E-state index is 5.77. The Kier molecular flexibility index (Phi) is 18.8. The third kappa shape index (κ3) is 13.4. The lowest BCUT2D eigenvalue weighted by molar-refractivity contribution is 1.27. The van der Waals surface area contributed by atoms with Crippen LogP contribution in [-0.2, 0) is 0 Å². The van der Waals surface area contributed by atoms with E-state index in [2.05, 4.69) is 387 Å². The summed E-state index contributed by atoms with van der Waals surface area (Å²) in [6.07, 6.45) is 17.7. The van der Waals surface area contributed by atoms with Gasteiger partial charge in [0.1, 0.15) is 0 Å². The fourth-order valence-electron chi connectivity index (χ4n) is 20.6. The van der Waals surface area contributed by atoms with E-state index in [-0.39, 0.29) is 0 Å². The van der Waals surface area contributed by atoms with Crippen molar-refractivity contribution in [3.63, 3.8) is 0 Å². The Balaban J connectivity index is 0.745. The monoisotopic (exact) mass is 1550 g/mol. The van der Waals surface area contributed by atoms with Gasteiger partial charge < -0.3 is 19.9 Å². The summed E-state index contributed by atoms with van der Waals surface area (Å²) in [6, 6.07) is 72.6. The molecule has 6 aromatic heterocycles. The zero-order valence-corrected chi connectivity index (χ0v) is 71.9. The van der Waals surface area contributed by atoms with E-state index < -0.39 is 0 Å². The van der Waals surface area contributed by atoms with Gasteiger partial charge in [-0.25, -0.2) is 19.9 Å². The van der Waals surface area contributed by atoms with Crippen LogP contribution in [0.3, 0.4) is 0 Å². The number of fused-ring (bicyclic) bond motifs is 16. The lowest BCUT2D eigenvalue weighted by Gasteiger charge is -2.14. The van der Waals surface area contributed by atoms with Crippen LogP contribution in [-0.4, -0.2) is 39.9 Å². The lowest BCUT2D eigenvalue weighted by Crippen LogP contribution is -1.96. The van der Waals surface area contributed by atoms with Crippen molar-refractivity contribution in [3.05, 3.63) is 340 Å². The molecular weight excluding hydrogens is 1460 g/mol. The largest absolute Gasteiger partial charge is 0.354 e. The molecular formula is C112H98N8. The first kappa shape index (κ1) is 76.2. The summed E-state index contributed by atoms with van der Waals surface area (Å²) in [4.78, 5) is 39.2. The molecule has 4 aliphatic heterocycles. The summed E-state index contributed by atoms with van der Waals surface area (Å²) in [5.74, 6) is 0. The molecule has 120 heavy (non-hydrogen) atoms. The van der Waals surface area contributed by atoms with Crippen molar-refractivity contribution in [2.75, 3.05) is 0 Å². The van der Waals surface area contributed by atoms with Gasteiger partial charge in [-0.3, -0.25) is 0 Å². The molecule has 0 saturated heterocycles. The molecule has 0 spiro atoms. The number of nitrogens with one attached hydrogen (secondary N) is 4. The third-order valence-electron chi connectivity index (χ3n) is 25.0. The van der Waals surface area contributed by atoms with Crippen LogP contribution in [0.15, 0.2) is 194 Å². The Bertz CT molecular complexity index is 6740. The second-order valence-corrected chi connectivity index (χ2v) is 34.4. The van der Waals surface area contributed by atoms with Crippen molar-refractivity contribution >= 4 is 92.7 Å². The van der Waals surface area contributed by atoms with Crippen LogP contribution >= 0.6 is 0 Å². The van der Waals surface area contributed by atoms with Gasteiger partial charge in [0.25, 0.3) is 0 Å². The Morgan fingerprint density at radius 3 is 0.417 bits per heavy atom. The Hall–Kier alpha value is -13.8. The van der Waals surface area contributed by atoms with E-state index in [1.54, 1.807) is 0 Å². The number of rotatable bonds is 10. The fourth-order valence-corrected chi connectivity index (χ4v) is 20.6. The van der Waals surface area contributed by atoms with Gasteiger partial charge in [-0.2, -0.15) is 0 Å². The topological polar surface area (TPSA) is 115 Å². The van der Waals surface area contributed by atoms with Crippen LogP contribution < -0.4 is 0 Å². The maximum absolute atomic E-state index is 5.77. The van der Waals surface area contributed by atoms with Crippen LogP contribution in [0.4, 0.5) is 0 Å². The Labute approximate surface area is 703 Å². The third-order valence-corrected chi connectivity index (χ3v) is 25.0. The minimum atomic E-state index is 0.870. The van der Waals surface area contributed by atoms with Gasteiger partial charge in [-0.05, 0) is 355 Å². The Morgan fingerprint density at radius 2 is 0.267 bits per heavy atom. The molecule has 0 saturated carbocycles. The zero-order chi connectivity index (χ0) is 83.1. The molecule has 19 rings (SSSR count). The molecule has 16 bridgehead atoms. The van der Waals surface area contributed by atoms with Crippen molar-refractivity contribution in [2.45, 2.75) is 125 Å². The molecule has 8 nitrogen and oxygen atoms in total. The van der Waals surface area contributed by atoms with Crippen LogP contribution in [0.2, 0.25) is 0 Å². The molecule has 586 valence electrons. The summed E-state index contributed by atoms with van der Waals surface area (Å²) >= 11 is 0. The van der Waals surface area contributed by atoms with E-state index in [1.807, 2.05) is 0 Å². The molecule has 10 heterocycles. The van der Waals surface area contributed by atoms with Crippen molar-refractivity contribution in [3.8, 4) is 111 Å². The van der Waals surface area contributed by atoms with Crippen LogP contribution in [0.1, 0.15) is 146 Å². The Morgan fingerprint density at radius 1 is 0.142 bits per heavy atom. The first-order valence-corrected chi connectivity index (χ1v) is 42.0. The number of nitrogens with zero attached hydrogens (tertiary/aromatic N) is 4. The summed E-state index contributed by atoms with van der Waals surface area (Å²) in [5, 5.41) is 0. The lowest BCUT2D eigenvalue weighted by atomic mass is 9.92. The smallest absolute Gasteiger partial charge is 0.0737 e. The summed E-state index contributed by atoms with van der Waals surface area (Å²) < 4.78 is 0. The number of aryl methyl sites for hydroxylation is 18. The second kappa shape index (κ2) is 29.7. The number of aromatic amines is 4. The normalized spacial score (nSPS) is 12.3. The van der Waals surface area contributed by atoms with Gasteiger partial charge in [0.05, 0.1) is 45.6 Å². The van der Waals surface area contributed by atoms with E-state index in [1.165, 1.54) is 134 Å². The molecule has 9 aromatic carbocycles. The number of benzene rings is 9. The molecule has 15 aromatic rings. The minimum Gasteiger partial charge on any atom is -0.354 e. The molecule has 0 unspecified atom stereocenters. The van der Waals surface area contributed by atoms with Gasteiger partial charge in [-0.1, -0.05) is 179 Å². The first-order valence-electron chi connectivity index (χ1n) is 42.0. The summed E-state index contributed by atoms with van der Waals surface area (Å²) in [7, 11) is 0. The van der Waals surface area contributed by atoms with Crippen molar-refractivity contribution in [1.82, 2.24) is 39.9 Å². The van der Waals surface area contributed by atoms with E-state index in [9.17, 15) is 0 Å². The molecule has 0 amide bonds. The van der Waals surface area contributed by atoms with Crippen LogP contribution in [0, 0.1) is 125 Å². The highest BCUT2D eigenvalue weighted by Crippen LogP contribution is 2.47. The molecule has 0 aliphatic carbocycles. The van der Waals surface area contributed by atoms with Crippen LogP contribution in [0.5, 0.6) is 0 Å². The molecule has 4 aliphatic rings. The van der Waals surface area contributed by atoms with Gasteiger partial charge in [0, 0.05) is 88.6 Å². The first-order chi connectivity index (χ1) is 57.8. The summed E-state index contributed by atoms with van der Waals surface area (Å²) in [6.45, 7) is 39.9. The summed E-state index contributed by atoms with van der Waals surface area (Å²) in [5.41, 5.74) is 58.6. The number of hydrogen-bond donors (Lipinski definition) is 4. The molecule has 4 N–H and O–H groups in total. The molecule has 0 fully saturated rings. The number of H-pyrrole nitrogens is 4. The standard InChI is InChI=1S/C112H98N8/c1-59-47-65(7)99(66(8)48-59)107-87-35-31-83(113-87)105(84-32-36-88(114-84)108(100-67(9)49-60(2)50-68(100)10)92-40-44-96(118-92)111(95-43-39-91(107)117-95)103-73(15)55-63(5)56-74(103)16)81-27-23-79(24-28-81)77-19-21-78(22-20-77)80-25-29-82(30-26-80)106-85-33-37-89(115-85)109(101-69(11)51-61(3)52-70(101)12)93-41-45-97(119-93)112(104-75(17)57-64(6)58-76(104)18)98-46-42-94(120-98)110(90-38-34-86(106)116-90)102-71(13)53-62(4)54-72(102)14/h19-58,113,115,118,120H,1-18H3. The van der Waals surface area contributed by atoms with Crippen LogP contribution in [0.25, 0.3) is 204 Å².